The molecular weight excluding hydrogens is 430 g/mol. The standard InChI is InChI=1S/C13H12BrN7O2S2/c14-8-6-9(21(22)23)12(11-10(8)17-25-18-11)24-13-15-19-20(16-13)7-4-2-1-3-5-7/h6-7H,1-5H2. The van der Waals surface area contributed by atoms with Crippen molar-refractivity contribution in [3.05, 3.63) is 20.7 Å². The molecule has 2 aromatic heterocycles. The van der Waals surface area contributed by atoms with E-state index in [-0.39, 0.29) is 11.7 Å². The van der Waals surface area contributed by atoms with Crippen molar-refractivity contribution in [2.45, 2.75) is 48.2 Å². The maximum absolute atomic E-state index is 11.4. The van der Waals surface area contributed by atoms with E-state index in [4.69, 9.17) is 0 Å². The molecule has 12 heteroatoms. The second-order valence-electron chi connectivity index (χ2n) is 5.71. The summed E-state index contributed by atoms with van der Waals surface area (Å²) in [4.78, 5) is 13.0. The van der Waals surface area contributed by atoms with Crippen molar-refractivity contribution in [1.29, 1.82) is 0 Å². The largest absolute Gasteiger partial charge is 0.286 e. The second kappa shape index (κ2) is 6.92. The van der Waals surface area contributed by atoms with Crippen molar-refractivity contribution in [1.82, 2.24) is 29.0 Å². The van der Waals surface area contributed by atoms with Gasteiger partial charge in [-0.1, -0.05) is 19.3 Å². The third kappa shape index (κ3) is 3.25. The number of benzene rings is 1. The molecule has 0 unspecified atom stereocenters. The van der Waals surface area contributed by atoms with E-state index in [1.807, 2.05) is 0 Å². The number of rotatable bonds is 4. The molecule has 0 aliphatic heterocycles. The summed E-state index contributed by atoms with van der Waals surface area (Å²) in [6, 6.07) is 1.70. The lowest BCUT2D eigenvalue weighted by molar-refractivity contribution is -0.387. The highest BCUT2D eigenvalue weighted by molar-refractivity contribution is 9.10. The van der Waals surface area contributed by atoms with E-state index in [1.54, 1.807) is 4.80 Å². The van der Waals surface area contributed by atoms with Crippen LogP contribution in [0.15, 0.2) is 20.6 Å². The van der Waals surface area contributed by atoms with Crippen molar-refractivity contribution < 1.29 is 4.92 Å². The van der Waals surface area contributed by atoms with Crippen LogP contribution in [0.25, 0.3) is 11.0 Å². The Balaban J connectivity index is 1.70. The van der Waals surface area contributed by atoms with Crippen molar-refractivity contribution >= 4 is 56.1 Å². The smallest absolute Gasteiger partial charge is 0.258 e. The number of nitrogens with zero attached hydrogens (tertiary/aromatic N) is 7. The summed E-state index contributed by atoms with van der Waals surface area (Å²) in [7, 11) is 0. The molecular formula is C13H12BrN7O2S2. The SMILES string of the molecule is O=[N+]([O-])c1cc(Br)c2nsnc2c1Sc1nnn(C2CCCCC2)n1. The molecule has 25 heavy (non-hydrogen) atoms. The first-order valence-corrected chi connectivity index (χ1v) is 10.0. The van der Waals surface area contributed by atoms with Gasteiger partial charge in [0.15, 0.2) is 0 Å². The first-order chi connectivity index (χ1) is 12.1. The van der Waals surface area contributed by atoms with Gasteiger partial charge in [0.05, 0.1) is 27.2 Å². The Kier molecular flexibility index (Phi) is 4.65. The third-order valence-electron chi connectivity index (χ3n) is 4.13. The van der Waals surface area contributed by atoms with Crippen molar-refractivity contribution in [2.24, 2.45) is 0 Å². The molecule has 1 aromatic carbocycles. The van der Waals surface area contributed by atoms with Gasteiger partial charge in [0.2, 0.25) is 5.16 Å². The van der Waals surface area contributed by atoms with Crippen LogP contribution in [0.1, 0.15) is 38.1 Å². The Labute approximate surface area is 158 Å². The summed E-state index contributed by atoms with van der Waals surface area (Å²) in [6.07, 6.45) is 5.65. The van der Waals surface area contributed by atoms with Gasteiger partial charge in [-0.2, -0.15) is 13.5 Å². The van der Waals surface area contributed by atoms with Gasteiger partial charge < -0.3 is 0 Å². The quantitative estimate of drug-likeness (QED) is 0.440. The molecule has 1 aliphatic rings. The lowest BCUT2D eigenvalue weighted by atomic mass is 9.96. The number of hydrogen-bond donors (Lipinski definition) is 0. The van der Waals surface area contributed by atoms with Crippen molar-refractivity contribution in [3.8, 4) is 0 Å². The van der Waals surface area contributed by atoms with E-state index in [2.05, 4.69) is 40.1 Å². The van der Waals surface area contributed by atoms with E-state index >= 15 is 0 Å². The summed E-state index contributed by atoms with van der Waals surface area (Å²) < 4.78 is 8.94. The van der Waals surface area contributed by atoms with E-state index in [0.29, 0.717) is 25.6 Å². The molecule has 3 aromatic rings. The van der Waals surface area contributed by atoms with Crippen LogP contribution in [0.2, 0.25) is 0 Å². The van der Waals surface area contributed by atoms with Gasteiger partial charge in [0, 0.05) is 6.07 Å². The summed E-state index contributed by atoms with van der Waals surface area (Å²) in [5, 5.41) is 24.5. The van der Waals surface area contributed by atoms with Crippen LogP contribution in [-0.4, -0.2) is 33.9 Å². The number of nitro groups is 1. The van der Waals surface area contributed by atoms with Crippen LogP contribution in [-0.2, 0) is 0 Å². The predicted octanol–water partition coefficient (Wildman–Crippen LogP) is 4.00. The number of halogens is 1. The summed E-state index contributed by atoms with van der Waals surface area (Å²) in [6.45, 7) is 0. The van der Waals surface area contributed by atoms with Crippen LogP contribution in [0.5, 0.6) is 0 Å². The van der Waals surface area contributed by atoms with Crippen molar-refractivity contribution in [2.75, 3.05) is 0 Å². The number of fused-ring (bicyclic) bond motifs is 1. The Morgan fingerprint density at radius 3 is 2.80 bits per heavy atom. The molecule has 1 fully saturated rings. The molecule has 0 amide bonds. The molecule has 0 bridgehead atoms. The number of tetrazole rings is 1. The van der Waals surface area contributed by atoms with Gasteiger partial charge >= 0.3 is 0 Å². The van der Waals surface area contributed by atoms with E-state index < -0.39 is 4.92 Å². The summed E-state index contributed by atoms with van der Waals surface area (Å²) in [5.74, 6) is 0. The predicted molar refractivity (Wildman–Crippen MR) is 95.8 cm³/mol. The number of hydrogen-bond acceptors (Lipinski definition) is 9. The van der Waals surface area contributed by atoms with Gasteiger partial charge in [-0.25, -0.2) is 0 Å². The van der Waals surface area contributed by atoms with Crippen LogP contribution in [0, 0.1) is 10.1 Å². The maximum atomic E-state index is 11.4. The summed E-state index contributed by atoms with van der Waals surface area (Å²) in [5.41, 5.74) is 1.02. The monoisotopic (exact) mass is 441 g/mol. The molecule has 2 heterocycles. The van der Waals surface area contributed by atoms with Crippen LogP contribution >= 0.6 is 39.4 Å². The molecule has 0 atom stereocenters. The fourth-order valence-electron chi connectivity index (χ4n) is 2.92. The van der Waals surface area contributed by atoms with Gasteiger partial charge in [-0.3, -0.25) is 10.1 Å². The maximum Gasteiger partial charge on any atom is 0.286 e. The summed E-state index contributed by atoms with van der Waals surface area (Å²) >= 11 is 5.43. The molecule has 4 rings (SSSR count). The van der Waals surface area contributed by atoms with Gasteiger partial charge in [0.25, 0.3) is 5.69 Å². The second-order valence-corrected chi connectivity index (χ2v) is 8.07. The zero-order valence-corrected chi connectivity index (χ0v) is 16.1. The fraction of sp³-hybridized carbons (Fsp3) is 0.462. The average Bonchev–Trinajstić information content (AvgIpc) is 3.27. The third-order valence-corrected chi connectivity index (χ3v) is 6.21. The zero-order valence-electron chi connectivity index (χ0n) is 12.8. The van der Waals surface area contributed by atoms with Gasteiger partial charge in [-0.15, -0.1) is 10.2 Å². The minimum absolute atomic E-state index is 0.0499. The lowest BCUT2D eigenvalue weighted by Crippen LogP contribution is -2.15. The Bertz CT molecular complexity index is 938. The minimum Gasteiger partial charge on any atom is -0.258 e. The first kappa shape index (κ1) is 16.8. The van der Waals surface area contributed by atoms with E-state index in [0.717, 1.165) is 49.2 Å². The lowest BCUT2D eigenvalue weighted by Gasteiger charge is -2.19. The molecule has 9 nitrogen and oxygen atoms in total. The highest BCUT2D eigenvalue weighted by Gasteiger charge is 2.25. The highest BCUT2D eigenvalue weighted by atomic mass is 79.9. The Hall–Kier alpha value is -1.66. The highest BCUT2D eigenvalue weighted by Crippen LogP contribution is 2.41. The first-order valence-electron chi connectivity index (χ1n) is 7.70. The minimum atomic E-state index is -0.433. The normalized spacial score (nSPS) is 15.7. The zero-order chi connectivity index (χ0) is 17.4. The Morgan fingerprint density at radius 2 is 2.04 bits per heavy atom. The van der Waals surface area contributed by atoms with Crippen LogP contribution in [0.3, 0.4) is 0 Å². The molecule has 1 aliphatic carbocycles. The van der Waals surface area contributed by atoms with Gasteiger partial charge in [0.1, 0.15) is 15.9 Å². The van der Waals surface area contributed by atoms with E-state index in [1.165, 1.54) is 12.5 Å². The van der Waals surface area contributed by atoms with Crippen molar-refractivity contribution in [3.63, 3.8) is 0 Å². The van der Waals surface area contributed by atoms with Crippen LogP contribution < -0.4 is 0 Å². The molecule has 0 spiro atoms. The molecule has 0 saturated heterocycles. The number of aromatic nitrogens is 6. The average molecular weight is 442 g/mol. The topological polar surface area (TPSA) is 113 Å². The molecule has 130 valence electrons. The van der Waals surface area contributed by atoms with E-state index in [9.17, 15) is 10.1 Å². The fourth-order valence-corrected chi connectivity index (χ4v) is 5.01. The van der Waals surface area contributed by atoms with Gasteiger partial charge in [-0.05, 0) is 45.7 Å². The van der Waals surface area contributed by atoms with Crippen LogP contribution in [0.4, 0.5) is 5.69 Å². The Morgan fingerprint density at radius 1 is 1.28 bits per heavy atom. The molecule has 1 saturated carbocycles. The molecule has 0 N–H and O–H groups in total. The molecule has 0 radical (unpaired) electrons. The number of nitro benzene ring substituents is 1.